The summed E-state index contributed by atoms with van der Waals surface area (Å²) in [6, 6.07) is 4.58. The molecule has 0 aromatic heterocycles. The summed E-state index contributed by atoms with van der Waals surface area (Å²) in [6.45, 7) is 8.66. The molecule has 3 N–H and O–H groups in total. The van der Waals surface area contributed by atoms with Crippen molar-refractivity contribution in [3.8, 4) is 0 Å². The maximum absolute atomic E-state index is 13.0. The van der Waals surface area contributed by atoms with Gasteiger partial charge < -0.3 is 16.0 Å². The van der Waals surface area contributed by atoms with Crippen molar-refractivity contribution in [1.29, 1.82) is 0 Å². The Morgan fingerprint density at radius 2 is 1.76 bits per heavy atom. The molecule has 0 aliphatic carbocycles. The molecule has 0 spiro atoms. The zero-order valence-electron chi connectivity index (χ0n) is 15.5. The van der Waals surface area contributed by atoms with E-state index in [4.69, 9.17) is 5.73 Å². The van der Waals surface area contributed by atoms with Crippen LogP contribution in [0.4, 0.5) is 4.39 Å². The number of carbonyl (C=O) groups excluding carboxylic acids is 2. The maximum Gasteiger partial charge on any atom is 0.251 e. The standard InChI is InChI=1S/C18H28FN3O2.ClH/c1-12(2)15(17(24)22(5)11-18(3,4)10-20)21-16(23)13-6-8-14(19)9-7-13;/h6-9,12,15H,10-11,20H2,1-5H3,(H,21,23);1H. The largest absolute Gasteiger partial charge is 0.343 e. The van der Waals surface area contributed by atoms with Crippen LogP contribution in [0, 0.1) is 17.2 Å². The number of hydrogen-bond acceptors (Lipinski definition) is 3. The van der Waals surface area contributed by atoms with Crippen LogP contribution in [0.1, 0.15) is 38.1 Å². The molecule has 2 amide bonds. The minimum atomic E-state index is -0.652. The molecule has 0 fully saturated rings. The predicted octanol–water partition coefficient (Wildman–Crippen LogP) is 2.45. The van der Waals surface area contributed by atoms with Crippen LogP contribution in [0.2, 0.25) is 0 Å². The molecule has 1 unspecified atom stereocenters. The topological polar surface area (TPSA) is 75.4 Å². The fourth-order valence-corrected chi connectivity index (χ4v) is 2.36. The molecular weight excluding hydrogens is 345 g/mol. The Labute approximate surface area is 155 Å². The number of benzene rings is 1. The van der Waals surface area contributed by atoms with Gasteiger partial charge in [0.15, 0.2) is 0 Å². The van der Waals surface area contributed by atoms with E-state index < -0.39 is 17.8 Å². The zero-order chi connectivity index (χ0) is 18.5. The van der Waals surface area contributed by atoms with E-state index in [0.717, 1.165) is 0 Å². The number of likely N-dealkylation sites (N-methyl/N-ethyl adjacent to an activating group) is 1. The van der Waals surface area contributed by atoms with Gasteiger partial charge >= 0.3 is 0 Å². The Morgan fingerprint density at radius 3 is 2.20 bits per heavy atom. The number of rotatable bonds is 7. The van der Waals surface area contributed by atoms with Crippen molar-refractivity contribution in [2.75, 3.05) is 20.1 Å². The van der Waals surface area contributed by atoms with Crippen molar-refractivity contribution in [2.24, 2.45) is 17.1 Å². The van der Waals surface area contributed by atoms with E-state index in [1.165, 1.54) is 24.3 Å². The lowest BCUT2D eigenvalue weighted by Crippen LogP contribution is -2.52. The van der Waals surface area contributed by atoms with Crippen LogP contribution in [0.15, 0.2) is 24.3 Å². The van der Waals surface area contributed by atoms with E-state index in [2.05, 4.69) is 5.32 Å². The first-order chi connectivity index (χ1) is 11.1. The SMILES string of the molecule is CC(C)C(NC(=O)c1ccc(F)cc1)C(=O)N(C)CC(C)(C)CN.Cl. The van der Waals surface area contributed by atoms with Crippen molar-refractivity contribution in [2.45, 2.75) is 33.7 Å². The first-order valence-corrected chi connectivity index (χ1v) is 8.09. The van der Waals surface area contributed by atoms with Crippen LogP contribution in [-0.2, 0) is 4.79 Å². The Bertz CT molecular complexity index is 576. The molecule has 0 aliphatic rings. The third-order valence-corrected chi connectivity index (χ3v) is 3.92. The van der Waals surface area contributed by atoms with E-state index in [-0.39, 0.29) is 29.6 Å². The third kappa shape index (κ3) is 7.00. The summed E-state index contributed by atoms with van der Waals surface area (Å²) >= 11 is 0. The first-order valence-electron chi connectivity index (χ1n) is 8.09. The maximum atomic E-state index is 13.0. The Hall–Kier alpha value is -1.66. The number of nitrogens with zero attached hydrogens (tertiary/aromatic N) is 1. The molecule has 1 aromatic carbocycles. The van der Waals surface area contributed by atoms with Crippen LogP contribution in [0.3, 0.4) is 0 Å². The summed E-state index contributed by atoms with van der Waals surface area (Å²) < 4.78 is 13.0. The molecule has 142 valence electrons. The molecular formula is C18H29ClFN3O2. The molecule has 0 heterocycles. The monoisotopic (exact) mass is 373 g/mol. The quantitative estimate of drug-likeness (QED) is 0.770. The fraction of sp³-hybridized carbons (Fsp3) is 0.556. The van der Waals surface area contributed by atoms with Crippen LogP contribution < -0.4 is 11.1 Å². The zero-order valence-corrected chi connectivity index (χ0v) is 16.3. The lowest BCUT2D eigenvalue weighted by molar-refractivity contribution is -0.134. The van der Waals surface area contributed by atoms with Gasteiger partial charge in [0.2, 0.25) is 5.91 Å². The van der Waals surface area contributed by atoms with Crippen LogP contribution in [0.25, 0.3) is 0 Å². The molecule has 0 radical (unpaired) electrons. The highest BCUT2D eigenvalue weighted by Gasteiger charge is 2.30. The van der Waals surface area contributed by atoms with E-state index >= 15 is 0 Å². The highest BCUT2D eigenvalue weighted by atomic mass is 35.5. The van der Waals surface area contributed by atoms with E-state index in [0.29, 0.717) is 18.7 Å². The van der Waals surface area contributed by atoms with Crippen molar-refractivity contribution in [3.05, 3.63) is 35.6 Å². The van der Waals surface area contributed by atoms with Crippen LogP contribution in [-0.4, -0.2) is 42.9 Å². The van der Waals surface area contributed by atoms with Crippen molar-refractivity contribution in [3.63, 3.8) is 0 Å². The summed E-state index contributed by atoms with van der Waals surface area (Å²) in [6.07, 6.45) is 0. The second-order valence-corrected chi connectivity index (χ2v) is 7.26. The molecule has 0 aliphatic heterocycles. The van der Waals surface area contributed by atoms with Gasteiger partial charge in [-0.25, -0.2) is 4.39 Å². The second-order valence-electron chi connectivity index (χ2n) is 7.26. The second kappa shape index (κ2) is 9.73. The number of amides is 2. The smallest absolute Gasteiger partial charge is 0.251 e. The van der Waals surface area contributed by atoms with E-state index in [1.807, 2.05) is 27.7 Å². The van der Waals surface area contributed by atoms with Crippen LogP contribution in [0.5, 0.6) is 0 Å². The predicted molar refractivity (Wildman–Crippen MR) is 100 cm³/mol. The normalized spacial score (nSPS) is 12.3. The minimum Gasteiger partial charge on any atom is -0.343 e. The molecule has 7 heteroatoms. The molecule has 0 saturated heterocycles. The summed E-state index contributed by atoms with van der Waals surface area (Å²) in [5.41, 5.74) is 5.84. The van der Waals surface area contributed by atoms with Gasteiger partial charge in [0.1, 0.15) is 11.9 Å². The minimum absolute atomic E-state index is 0. The first kappa shape index (κ1) is 23.3. The molecule has 0 bridgehead atoms. The summed E-state index contributed by atoms with van der Waals surface area (Å²) in [5.74, 6) is -1.05. The van der Waals surface area contributed by atoms with Gasteiger partial charge in [-0.15, -0.1) is 12.4 Å². The van der Waals surface area contributed by atoms with Gasteiger partial charge in [-0.05, 0) is 42.1 Å². The average Bonchev–Trinajstić information content (AvgIpc) is 2.51. The highest BCUT2D eigenvalue weighted by molar-refractivity contribution is 5.97. The molecule has 25 heavy (non-hydrogen) atoms. The number of hydrogen-bond donors (Lipinski definition) is 2. The molecule has 1 aromatic rings. The average molecular weight is 374 g/mol. The third-order valence-electron chi connectivity index (χ3n) is 3.92. The number of nitrogens with two attached hydrogens (primary N) is 1. The Balaban J connectivity index is 0.00000576. The van der Waals surface area contributed by atoms with Crippen molar-refractivity contribution < 1.29 is 14.0 Å². The fourth-order valence-electron chi connectivity index (χ4n) is 2.36. The van der Waals surface area contributed by atoms with Gasteiger partial charge in [0, 0.05) is 19.2 Å². The van der Waals surface area contributed by atoms with Crippen LogP contribution >= 0.6 is 12.4 Å². The van der Waals surface area contributed by atoms with Crippen molar-refractivity contribution >= 4 is 24.2 Å². The summed E-state index contributed by atoms with van der Waals surface area (Å²) in [5, 5.41) is 2.75. The molecule has 1 rings (SSSR count). The van der Waals surface area contributed by atoms with Crippen molar-refractivity contribution in [1.82, 2.24) is 10.2 Å². The number of nitrogens with one attached hydrogen (secondary N) is 1. The Kier molecular flexibility index (Phi) is 9.08. The lowest BCUT2D eigenvalue weighted by Gasteiger charge is -2.32. The van der Waals surface area contributed by atoms with Gasteiger partial charge in [0.05, 0.1) is 0 Å². The lowest BCUT2D eigenvalue weighted by atomic mass is 9.92. The van der Waals surface area contributed by atoms with E-state index in [9.17, 15) is 14.0 Å². The van der Waals surface area contributed by atoms with Gasteiger partial charge in [-0.2, -0.15) is 0 Å². The summed E-state index contributed by atoms with van der Waals surface area (Å²) in [4.78, 5) is 26.6. The Morgan fingerprint density at radius 1 is 1.24 bits per heavy atom. The molecule has 1 atom stereocenters. The van der Waals surface area contributed by atoms with E-state index in [1.54, 1.807) is 11.9 Å². The van der Waals surface area contributed by atoms with Gasteiger partial charge in [0.25, 0.3) is 5.91 Å². The summed E-state index contributed by atoms with van der Waals surface area (Å²) in [7, 11) is 1.71. The molecule has 0 saturated carbocycles. The molecule has 5 nitrogen and oxygen atoms in total. The van der Waals surface area contributed by atoms with Gasteiger partial charge in [-0.3, -0.25) is 9.59 Å². The highest BCUT2D eigenvalue weighted by Crippen LogP contribution is 2.16. The number of carbonyl (C=O) groups is 2. The number of halogens is 2. The van der Waals surface area contributed by atoms with Gasteiger partial charge in [-0.1, -0.05) is 27.7 Å².